The van der Waals surface area contributed by atoms with Gasteiger partial charge < -0.3 is 10.8 Å². The molecule has 0 aromatic carbocycles. The largest absolute Gasteiger partial charge is 0.480 e. The van der Waals surface area contributed by atoms with Crippen molar-refractivity contribution < 1.29 is 19.5 Å². The first-order chi connectivity index (χ1) is 7.61. The summed E-state index contributed by atoms with van der Waals surface area (Å²) in [4.78, 5) is 26.7. The van der Waals surface area contributed by atoms with Crippen LogP contribution in [0.5, 0.6) is 0 Å². The van der Waals surface area contributed by atoms with Crippen LogP contribution in [-0.4, -0.2) is 41.2 Å². The van der Waals surface area contributed by atoms with Gasteiger partial charge in [-0.3, -0.25) is 14.4 Å². The molecule has 0 aromatic rings. The van der Waals surface area contributed by atoms with Crippen molar-refractivity contribution >= 4 is 11.9 Å². The lowest BCUT2D eigenvalue weighted by Gasteiger charge is -2.22. The zero-order valence-corrected chi connectivity index (χ0v) is 8.96. The van der Waals surface area contributed by atoms with Crippen molar-refractivity contribution in [1.82, 2.24) is 5.06 Å². The van der Waals surface area contributed by atoms with Crippen molar-refractivity contribution in [2.45, 2.75) is 25.3 Å². The predicted molar refractivity (Wildman–Crippen MR) is 56.3 cm³/mol. The smallest absolute Gasteiger partial charge is 0.320 e. The Morgan fingerprint density at radius 2 is 2.38 bits per heavy atom. The van der Waals surface area contributed by atoms with Gasteiger partial charge in [0.1, 0.15) is 6.04 Å². The number of unbranched alkanes of at least 4 members (excludes halogenated alkanes) is 1. The molecule has 3 N–H and O–H groups in total. The molecular formula is C10H16N2O4. The first kappa shape index (κ1) is 12.7. The Bertz CT molecular complexity index is 291. The molecule has 16 heavy (non-hydrogen) atoms. The maximum atomic E-state index is 11.2. The SMILES string of the molecule is N[C@@H](CCCCN1OCC=CC1=O)C(=O)O. The molecule has 6 heteroatoms. The lowest BCUT2D eigenvalue weighted by Crippen LogP contribution is -2.34. The molecule has 90 valence electrons. The van der Waals surface area contributed by atoms with Gasteiger partial charge in [-0.1, -0.05) is 6.08 Å². The molecule has 1 rings (SSSR count). The van der Waals surface area contributed by atoms with Crippen molar-refractivity contribution in [2.75, 3.05) is 13.2 Å². The zero-order chi connectivity index (χ0) is 12.0. The second-order valence-electron chi connectivity index (χ2n) is 3.58. The van der Waals surface area contributed by atoms with E-state index in [0.29, 0.717) is 32.4 Å². The zero-order valence-electron chi connectivity index (χ0n) is 8.96. The van der Waals surface area contributed by atoms with E-state index in [1.165, 1.54) is 11.1 Å². The highest BCUT2D eigenvalue weighted by Gasteiger charge is 2.15. The Morgan fingerprint density at radius 3 is 3.00 bits per heavy atom. The fourth-order valence-corrected chi connectivity index (χ4v) is 1.35. The highest BCUT2D eigenvalue weighted by atomic mass is 16.7. The van der Waals surface area contributed by atoms with Crippen molar-refractivity contribution in [3.05, 3.63) is 12.2 Å². The minimum Gasteiger partial charge on any atom is -0.480 e. The Hall–Kier alpha value is -1.40. The first-order valence-electron chi connectivity index (χ1n) is 5.20. The molecule has 0 spiro atoms. The number of hydrogen-bond acceptors (Lipinski definition) is 4. The van der Waals surface area contributed by atoms with Gasteiger partial charge in [0.05, 0.1) is 6.61 Å². The van der Waals surface area contributed by atoms with Crippen LogP contribution in [0, 0.1) is 0 Å². The standard InChI is InChI=1S/C10H16N2O4/c11-8(10(14)15)4-1-2-6-12-9(13)5-3-7-16-12/h3,5,8H,1-2,4,6-7,11H2,(H,14,15)/t8-/m0/s1. The average molecular weight is 228 g/mol. The normalized spacial score (nSPS) is 17.6. The Kier molecular flexibility index (Phi) is 4.94. The van der Waals surface area contributed by atoms with Crippen LogP contribution in [0.4, 0.5) is 0 Å². The molecule has 0 bridgehead atoms. The number of hydrogen-bond donors (Lipinski definition) is 2. The van der Waals surface area contributed by atoms with Crippen LogP contribution in [0.1, 0.15) is 19.3 Å². The van der Waals surface area contributed by atoms with Crippen molar-refractivity contribution in [3.63, 3.8) is 0 Å². The number of carbonyl (C=O) groups excluding carboxylic acids is 1. The van der Waals surface area contributed by atoms with Gasteiger partial charge in [0.2, 0.25) is 0 Å². The number of hydroxylamine groups is 2. The third-order valence-electron chi connectivity index (χ3n) is 2.28. The van der Waals surface area contributed by atoms with Crippen LogP contribution in [0.15, 0.2) is 12.2 Å². The molecule has 0 saturated carbocycles. The summed E-state index contributed by atoms with van der Waals surface area (Å²) in [5.74, 6) is -1.16. The molecule has 0 aromatic heterocycles. The van der Waals surface area contributed by atoms with E-state index < -0.39 is 12.0 Å². The van der Waals surface area contributed by atoms with Gasteiger partial charge in [-0.15, -0.1) is 0 Å². The topological polar surface area (TPSA) is 92.9 Å². The molecular weight excluding hydrogens is 212 g/mol. The van der Waals surface area contributed by atoms with E-state index in [2.05, 4.69) is 0 Å². The number of nitrogens with two attached hydrogens (primary N) is 1. The Balaban J connectivity index is 2.13. The van der Waals surface area contributed by atoms with Crippen LogP contribution in [0.3, 0.4) is 0 Å². The quantitative estimate of drug-likeness (QED) is 0.619. The average Bonchev–Trinajstić information content (AvgIpc) is 2.26. The maximum absolute atomic E-state index is 11.2. The van der Waals surface area contributed by atoms with Gasteiger partial charge >= 0.3 is 5.97 Å². The fraction of sp³-hybridized carbons (Fsp3) is 0.600. The summed E-state index contributed by atoms with van der Waals surface area (Å²) < 4.78 is 0. The van der Waals surface area contributed by atoms with E-state index >= 15 is 0 Å². The van der Waals surface area contributed by atoms with E-state index in [-0.39, 0.29) is 5.91 Å². The molecule has 0 saturated heterocycles. The summed E-state index contributed by atoms with van der Waals surface area (Å²) in [6, 6.07) is -0.821. The van der Waals surface area contributed by atoms with Gasteiger partial charge in [0.25, 0.3) is 5.91 Å². The van der Waals surface area contributed by atoms with Crippen LogP contribution >= 0.6 is 0 Å². The Labute approximate surface area is 93.6 Å². The third kappa shape index (κ3) is 4.00. The number of carbonyl (C=O) groups is 2. The van der Waals surface area contributed by atoms with Crippen molar-refractivity contribution in [1.29, 1.82) is 0 Å². The maximum Gasteiger partial charge on any atom is 0.320 e. The number of carboxylic acids is 1. The van der Waals surface area contributed by atoms with Gasteiger partial charge in [0.15, 0.2) is 0 Å². The van der Waals surface area contributed by atoms with Crippen LogP contribution in [-0.2, 0) is 14.4 Å². The highest BCUT2D eigenvalue weighted by Crippen LogP contribution is 2.05. The highest BCUT2D eigenvalue weighted by molar-refractivity contribution is 5.87. The summed E-state index contributed by atoms with van der Waals surface area (Å²) in [7, 11) is 0. The van der Waals surface area contributed by atoms with Crippen LogP contribution < -0.4 is 5.73 Å². The number of amides is 1. The van der Waals surface area contributed by atoms with Gasteiger partial charge in [-0.25, -0.2) is 5.06 Å². The minimum absolute atomic E-state index is 0.172. The van der Waals surface area contributed by atoms with Gasteiger partial charge in [-0.2, -0.15) is 0 Å². The second-order valence-corrected chi connectivity index (χ2v) is 3.58. The van der Waals surface area contributed by atoms with E-state index in [1.807, 2.05) is 0 Å². The molecule has 6 nitrogen and oxygen atoms in total. The van der Waals surface area contributed by atoms with Gasteiger partial charge in [0, 0.05) is 12.6 Å². The van der Waals surface area contributed by atoms with E-state index in [4.69, 9.17) is 15.7 Å². The first-order valence-corrected chi connectivity index (χ1v) is 5.20. The van der Waals surface area contributed by atoms with E-state index in [0.717, 1.165) is 0 Å². The van der Waals surface area contributed by atoms with E-state index in [9.17, 15) is 9.59 Å². The van der Waals surface area contributed by atoms with Crippen molar-refractivity contribution in [3.8, 4) is 0 Å². The molecule has 0 aliphatic carbocycles. The second kappa shape index (κ2) is 6.24. The lowest BCUT2D eigenvalue weighted by molar-refractivity contribution is -0.180. The molecule has 1 heterocycles. The number of rotatable bonds is 6. The van der Waals surface area contributed by atoms with Crippen LogP contribution in [0.25, 0.3) is 0 Å². The summed E-state index contributed by atoms with van der Waals surface area (Å²) in [5, 5.41) is 9.83. The molecule has 1 aliphatic heterocycles. The number of nitrogens with zero attached hydrogens (tertiary/aromatic N) is 1. The summed E-state index contributed by atoms with van der Waals surface area (Å²) in [6.07, 6.45) is 4.86. The molecule has 0 radical (unpaired) electrons. The molecule has 1 aliphatic rings. The molecule has 0 fully saturated rings. The van der Waals surface area contributed by atoms with Gasteiger partial charge in [-0.05, 0) is 19.3 Å². The predicted octanol–water partition coefficient (Wildman–Crippen LogP) is -0.101. The number of carboxylic acid groups (broad SMARTS) is 1. The number of aliphatic carboxylic acids is 1. The minimum atomic E-state index is -0.992. The molecule has 1 amide bonds. The summed E-state index contributed by atoms with van der Waals surface area (Å²) in [5.41, 5.74) is 5.34. The summed E-state index contributed by atoms with van der Waals surface area (Å²) >= 11 is 0. The lowest BCUT2D eigenvalue weighted by atomic mass is 10.1. The molecule has 1 atom stereocenters. The van der Waals surface area contributed by atoms with E-state index in [1.54, 1.807) is 6.08 Å². The summed E-state index contributed by atoms with van der Waals surface area (Å²) in [6.45, 7) is 0.871. The Morgan fingerprint density at radius 1 is 1.62 bits per heavy atom. The fourth-order valence-electron chi connectivity index (χ4n) is 1.35. The van der Waals surface area contributed by atoms with Crippen LogP contribution in [0.2, 0.25) is 0 Å². The molecule has 0 unspecified atom stereocenters. The third-order valence-corrected chi connectivity index (χ3v) is 2.28. The monoisotopic (exact) mass is 228 g/mol. The van der Waals surface area contributed by atoms with Crippen molar-refractivity contribution in [2.24, 2.45) is 5.73 Å².